The van der Waals surface area contributed by atoms with E-state index in [1.165, 1.54) is 16.5 Å². The van der Waals surface area contributed by atoms with E-state index in [-0.39, 0.29) is 0 Å². The zero-order valence-electron chi connectivity index (χ0n) is 10.6. The van der Waals surface area contributed by atoms with Crippen molar-refractivity contribution in [3.8, 4) is 0 Å². The summed E-state index contributed by atoms with van der Waals surface area (Å²) < 4.78 is 1.17. The van der Waals surface area contributed by atoms with Gasteiger partial charge in [0.1, 0.15) is 0 Å². The summed E-state index contributed by atoms with van der Waals surface area (Å²) in [6.07, 6.45) is 1.28. The van der Waals surface area contributed by atoms with E-state index in [2.05, 4.69) is 58.9 Å². The Morgan fingerprint density at radius 3 is 2.65 bits per heavy atom. The van der Waals surface area contributed by atoms with Gasteiger partial charge < -0.3 is 5.73 Å². The quantitative estimate of drug-likeness (QED) is 0.928. The smallest absolute Gasteiger partial charge is 0.0484 e. The highest BCUT2D eigenvalue weighted by molar-refractivity contribution is 9.10. The topological polar surface area (TPSA) is 29.3 Å². The van der Waals surface area contributed by atoms with Crippen LogP contribution in [0.1, 0.15) is 31.9 Å². The van der Waals surface area contributed by atoms with Crippen LogP contribution in [0.25, 0.3) is 0 Å². The highest BCUT2D eigenvalue weighted by atomic mass is 79.9. The summed E-state index contributed by atoms with van der Waals surface area (Å²) >= 11 is 3.64. The second-order valence-electron chi connectivity index (χ2n) is 5.16. The minimum absolute atomic E-state index is 0.338. The predicted molar refractivity (Wildman–Crippen MR) is 75.9 cm³/mol. The van der Waals surface area contributed by atoms with Crippen molar-refractivity contribution in [2.24, 2.45) is 11.7 Å². The van der Waals surface area contributed by atoms with Gasteiger partial charge in [0.2, 0.25) is 0 Å². The average Bonchev–Trinajstić information content (AvgIpc) is 2.62. The van der Waals surface area contributed by atoms with E-state index < -0.39 is 0 Å². The van der Waals surface area contributed by atoms with Gasteiger partial charge in [0.15, 0.2) is 0 Å². The SMILES string of the molecule is CC1CC(C)N(C(CN)c2ccccc2Br)C1. The first-order valence-electron chi connectivity index (χ1n) is 6.33. The van der Waals surface area contributed by atoms with Crippen LogP contribution >= 0.6 is 15.9 Å². The van der Waals surface area contributed by atoms with Crippen molar-refractivity contribution < 1.29 is 0 Å². The Labute approximate surface area is 112 Å². The summed E-state index contributed by atoms with van der Waals surface area (Å²) in [6.45, 7) is 6.47. The number of hydrogen-bond donors (Lipinski definition) is 1. The fourth-order valence-electron chi connectivity index (χ4n) is 2.95. The Kier molecular flexibility index (Phi) is 4.23. The molecule has 0 aliphatic carbocycles. The van der Waals surface area contributed by atoms with Crippen LogP contribution < -0.4 is 5.73 Å². The van der Waals surface area contributed by atoms with Gasteiger partial charge in [0.05, 0.1) is 0 Å². The monoisotopic (exact) mass is 296 g/mol. The van der Waals surface area contributed by atoms with Crippen molar-refractivity contribution in [1.29, 1.82) is 0 Å². The Balaban J connectivity index is 2.25. The van der Waals surface area contributed by atoms with Crippen LogP contribution in [0.15, 0.2) is 28.7 Å². The third kappa shape index (κ3) is 2.72. The largest absolute Gasteiger partial charge is 0.329 e. The summed E-state index contributed by atoms with van der Waals surface area (Å²) in [6, 6.07) is 9.39. The van der Waals surface area contributed by atoms with Crippen LogP contribution in [-0.2, 0) is 0 Å². The van der Waals surface area contributed by atoms with Gasteiger partial charge in [-0.15, -0.1) is 0 Å². The van der Waals surface area contributed by atoms with E-state index >= 15 is 0 Å². The molecule has 1 aliphatic rings. The molecule has 1 heterocycles. The lowest BCUT2D eigenvalue weighted by atomic mass is 10.0. The molecule has 94 valence electrons. The lowest BCUT2D eigenvalue weighted by molar-refractivity contribution is 0.192. The Hall–Kier alpha value is -0.380. The molecule has 0 amide bonds. The molecule has 0 radical (unpaired) electrons. The Bertz CT molecular complexity index is 380. The van der Waals surface area contributed by atoms with Crippen LogP contribution in [0.4, 0.5) is 0 Å². The van der Waals surface area contributed by atoms with Gasteiger partial charge in [0, 0.05) is 29.6 Å². The molecule has 17 heavy (non-hydrogen) atoms. The molecule has 1 saturated heterocycles. The standard InChI is InChI=1S/C14H21BrN2/c1-10-7-11(2)17(9-10)14(8-16)12-5-3-4-6-13(12)15/h3-6,10-11,14H,7-9,16H2,1-2H3. The maximum Gasteiger partial charge on any atom is 0.0484 e. The number of nitrogens with zero attached hydrogens (tertiary/aromatic N) is 1. The highest BCUT2D eigenvalue weighted by Crippen LogP contribution is 2.34. The minimum Gasteiger partial charge on any atom is -0.329 e. The molecule has 2 rings (SSSR count). The number of nitrogens with two attached hydrogens (primary N) is 1. The van der Waals surface area contributed by atoms with Gasteiger partial charge in [-0.2, -0.15) is 0 Å². The summed E-state index contributed by atoms with van der Waals surface area (Å²) in [5.74, 6) is 0.779. The molecule has 0 saturated carbocycles. The predicted octanol–water partition coefficient (Wildman–Crippen LogP) is 3.18. The summed E-state index contributed by atoms with van der Waals surface area (Å²) in [4.78, 5) is 2.55. The molecule has 1 aliphatic heterocycles. The van der Waals surface area contributed by atoms with E-state index in [4.69, 9.17) is 5.73 Å². The second kappa shape index (κ2) is 5.51. The van der Waals surface area contributed by atoms with Gasteiger partial charge in [-0.05, 0) is 30.9 Å². The van der Waals surface area contributed by atoms with Gasteiger partial charge in [-0.25, -0.2) is 0 Å². The lowest BCUT2D eigenvalue weighted by Crippen LogP contribution is -2.36. The third-order valence-electron chi connectivity index (χ3n) is 3.72. The van der Waals surface area contributed by atoms with Gasteiger partial charge in [-0.1, -0.05) is 41.1 Å². The molecule has 1 aromatic carbocycles. The van der Waals surface area contributed by atoms with Gasteiger partial charge in [0.25, 0.3) is 0 Å². The molecule has 1 fully saturated rings. The zero-order chi connectivity index (χ0) is 12.4. The molecular weight excluding hydrogens is 276 g/mol. The van der Waals surface area contributed by atoms with Crippen molar-refractivity contribution in [3.05, 3.63) is 34.3 Å². The molecule has 1 aromatic rings. The van der Waals surface area contributed by atoms with Crippen molar-refractivity contribution in [3.63, 3.8) is 0 Å². The van der Waals surface area contributed by atoms with Gasteiger partial charge >= 0.3 is 0 Å². The van der Waals surface area contributed by atoms with Crippen molar-refractivity contribution in [2.75, 3.05) is 13.1 Å². The normalized spacial score (nSPS) is 27.3. The molecule has 2 N–H and O–H groups in total. The summed E-state index contributed by atoms with van der Waals surface area (Å²) in [5.41, 5.74) is 7.31. The molecule has 0 spiro atoms. The fourth-order valence-corrected chi connectivity index (χ4v) is 3.50. The van der Waals surface area contributed by atoms with E-state index in [9.17, 15) is 0 Å². The maximum absolute atomic E-state index is 6.00. The van der Waals surface area contributed by atoms with Crippen LogP contribution in [0.2, 0.25) is 0 Å². The first-order chi connectivity index (χ1) is 8.13. The van der Waals surface area contributed by atoms with Crippen molar-refractivity contribution >= 4 is 15.9 Å². The number of benzene rings is 1. The molecule has 3 atom stereocenters. The maximum atomic E-state index is 6.00. The number of hydrogen-bond acceptors (Lipinski definition) is 2. The molecular formula is C14H21BrN2. The molecule has 0 aromatic heterocycles. The molecule has 3 unspecified atom stereocenters. The number of rotatable bonds is 3. The van der Waals surface area contributed by atoms with Gasteiger partial charge in [-0.3, -0.25) is 4.90 Å². The first kappa shape index (κ1) is 13.1. The number of halogens is 1. The lowest BCUT2D eigenvalue weighted by Gasteiger charge is -2.31. The second-order valence-corrected chi connectivity index (χ2v) is 6.01. The molecule has 2 nitrogen and oxygen atoms in total. The summed E-state index contributed by atoms with van der Waals surface area (Å²) in [5, 5.41) is 0. The van der Waals surface area contributed by atoms with E-state index in [0.717, 1.165) is 12.5 Å². The molecule has 3 heteroatoms. The molecule has 0 bridgehead atoms. The highest BCUT2D eigenvalue weighted by Gasteiger charge is 2.32. The van der Waals surface area contributed by atoms with E-state index in [1.54, 1.807) is 0 Å². The zero-order valence-corrected chi connectivity index (χ0v) is 12.2. The number of likely N-dealkylation sites (tertiary alicyclic amines) is 1. The van der Waals surface area contributed by atoms with Crippen molar-refractivity contribution in [1.82, 2.24) is 4.90 Å². The Morgan fingerprint density at radius 2 is 2.12 bits per heavy atom. The average molecular weight is 297 g/mol. The van der Waals surface area contributed by atoms with Crippen LogP contribution in [0, 0.1) is 5.92 Å². The van der Waals surface area contributed by atoms with E-state index in [0.29, 0.717) is 18.6 Å². The first-order valence-corrected chi connectivity index (χ1v) is 7.13. The third-order valence-corrected chi connectivity index (χ3v) is 4.44. The summed E-state index contributed by atoms with van der Waals surface area (Å²) in [7, 11) is 0. The fraction of sp³-hybridized carbons (Fsp3) is 0.571. The van der Waals surface area contributed by atoms with Crippen LogP contribution in [0.5, 0.6) is 0 Å². The minimum atomic E-state index is 0.338. The van der Waals surface area contributed by atoms with Crippen LogP contribution in [0.3, 0.4) is 0 Å². The van der Waals surface area contributed by atoms with E-state index in [1.807, 2.05) is 0 Å². The van der Waals surface area contributed by atoms with Crippen LogP contribution in [-0.4, -0.2) is 24.0 Å². The Morgan fingerprint density at radius 1 is 1.41 bits per heavy atom. The van der Waals surface area contributed by atoms with Crippen molar-refractivity contribution in [2.45, 2.75) is 32.4 Å².